The van der Waals surface area contributed by atoms with Crippen LogP contribution in [-0.4, -0.2) is 21.6 Å². The molecule has 2 aromatic heterocycles. The molecule has 0 fully saturated rings. The molecule has 0 N–H and O–H groups in total. The summed E-state index contributed by atoms with van der Waals surface area (Å²) in [7, 11) is 0. The number of benzene rings is 2. The lowest BCUT2D eigenvalue weighted by Crippen LogP contribution is -2.01. The van der Waals surface area contributed by atoms with E-state index in [4.69, 9.17) is 25.5 Å². The van der Waals surface area contributed by atoms with Crippen molar-refractivity contribution in [1.29, 1.82) is 0 Å². The van der Waals surface area contributed by atoms with Gasteiger partial charge < -0.3 is 13.9 Å². The van der Waals surface area contributed by atoms with Crippen LogP contribution in [0.3, 0.4) is 0 Å². The summed E-state index contributed by atoms with van der Waals surface area (Å²) < 4.78 is 30.8. The lowest BCUT2D eigenvalue weighted by atomic mass is 10.1. The van der Waals surface area contributed by atoms with E-state index in [0.717, 1.165) is 23.6 Å². The molecule has 2 aromatic carbocycles. The summed E-state index contributed by atoms with van der Waals surface area (Å²) in [4.78, 5) is 13.0. The SMILES string of the molecule is CCCOc1nc(Oc2ccc(Cl)c(F)c2)nc2oc(-c3cccc(C)c3)nc12. The highest BCUT2D eigenvalue weighted by molar-refractivity contribution is 6.30. The molecular formula is C21H17ClFN3O3. The number of rotatable bonds is 6. The largest absolute Gasteiger partial charge is 0.476 e. The number of hydrogen-bond acceptors (Lipinski definition) is 6. The van der Waals surface area contributed by atoms with E-state index in [1.807, 2.05) is 38.1 Å². The van der Waals surface area contributed by atoms with Gasteiger partial charge in [0.2, 0.25) is 5.89 Å². The average molecular weight is 414 g/mol. The van der Waals surface area contributed by atoms with Gasteiger partial charge in [-0.15, -0.1) is 0 Å². The van der Waals surface area contributed by atoms with E-state index in [1.165, 1.54) is 12.1 Å². The Hall–Kier alpha value is -3.19. The Morgan fingerprint density at radius 1 is 1.10 bits per heavy atom. The number of ether oxygens (including phenoxy) is 2. The molecule has 0 radical (unpaired) electrons. The van der Waals surface area contributed by atoms with Gasteiger partial charge >= 0.3 is 6.01 Å². The second-order valence-electron chi connectivity index (χ2n) is 6.38. The average Bonchev–Trinajstić information content (AvgIpc) is 3.13. The van der Waals surface area contributed by atoms with Gasteiger partial charge in [0.15, 0.2) is 5.52 Å². The van der Waals surface area contributed by atoms with Gasteiger partial charge in [-0.25, -0.2) is 9.37 Å². The van der Waals surface area contributed by atoms with Crippen molar-refractivity contribution in [1.82, 2.24) is 15.0 Å². The van der Waals surface area contributed by atoms with E-state index in [2.05, 4.69) is 15.0 Å². The third-order valence-corrected chi connectivity index (χ3v) is 4.32. The van der Waals surface area contributed by atoms with Crippen molar-refractivity contribution in [3.05, 3.63) is 58.9 Å². The van der Waals surface area contributed by atoms with Crippen LogP contribution < -0.4 is 9.47 Å². The molecule has 0 aliphatic rings. The number of oxazole rings is 1. The number of nitrogens with zero attached hydrogens (tertiary/aromatic N) is 3. The highest BCUT2D eigenvalue weighted by Gasteiger charge is 2.19. The van der Waals surface area contributed by atoms with E-state index >= 15 is 0 Å². The van der Waals surface area contributed by atoms with E-state index in [0.29, 0.717) is 18.0 Å². The van der Waals surface area contributed by atoms with Gasteiger partial charge in [0, 0.05) is 11.6 Å². The first-order chi connectivity index (χ1) is 14.0. The van der Waals surface area contributed by atoms with Crippen LogP contribution in [0.5, 0.6) is 17.6 Å². The zero-order valence-corrected chi connectivity index (χ0v) is 16.5. The van der Waals surface area contributed by atoms with Crippen molar-refractivity contribution in [3.63, 3.8) is 0 Å². The topological polar surface area (TPSA) is 70.3 Å². The molecule has 29 heavy (non-hydrogen) atoms. The van der Waals surface area contributed by atoms with Gasteiger partial charge in [-0.1, -0.05) is 36.2 Å². The standard InChI is InChI=1S/C21H17ClFN3O3/c1-3-9-27-19-17-20(29-18(24-17)13-6-4-5-12(2)10-13)26-21(25-19)28-14-7-8-15(22)16(23)11-14/h4-8,10-11H,3,9H2,1-2H3. The predicted molar refractivity (Wildman–Crippen MR) is 107 cm³/mol. The van der Waals surface area contributed by atoms with Gasteiger partial charge in [0.25, 0.3) is 11.6 Å². The highest BCUT2D eigenvalue weighted by Crippen LogP contribution is 2.32. The van der Waals surface area contributed by atoms with Crippen LogP contribution in [0.15, 0.2) is 46.9 Å². The lowest BCUT2D eigenvalue weighted by molar-refractivity contribution is 0.302. The number of halogens is 2. The summed E-state index contributed by atoms with van der Waals surface area (Å²) in [5, 5.41) is -0.00119. The zero-order chi connectivity index (χ0) is 20.4. The monoisotopic (exact) mass is 413 g/mol. The number of aromatic nitrogens is 3. The molecule has 2 heterocycles. The molecule has 0 unspecified atom stereocenters. The third kappa shape index (κ3) is 4.14. The summed E-state index contributed by atoms with van der Waals surface area (Å²) in [5.74, 6) is 0.234. The molecule has 0 saturated carbocycles. The molecule has 0 spiro atoms. The first kappa shape index (κ1) is 19.1. The maximum Gasteiger partial charge on any atom is 0.328 e. The molecule has 0 aliphatic carbocycles. The molecule has 0 saturated heterocycles. The maximum absolute atomic E-state index is 13.7. The van der Waals surface area contributed by atoms with Crippen LogP contribution in [0.1, 0.15) is 18.9 Å². The molecular weight excluding hydrogens is 397 g/mol. The summed E-state index contributed by atoms with van der Waals surface area (Å²) in [6.07, 6.45) is 0.784. The summed E-state index contributed by atoms with van der Waals surface area (Å²) in [5.41, 5.74) is 2.50. The van der Waals surface area contributed by atoms with Crippen molar-refractivity contribution in [2.24, 2.45) is 0 Å². The minimum absolute atomic E-state index is 0.00119. The van der Waals surface area contributed by atoms with Crippen LogP contribution in [-0.2, 0) is 0 Å². The summed E-state index contributed by atoms with van der Waals surface area (Å²) >= 11 is 5.71. The van der Waals surface area contributed by atoms with Crippen LogP contribution in [0.4, 0.5) is 4.39 Å². The van der Waals surface area contributed by atoms with Crippen LogP contribution in [0, 0.1) is 12.7 Å². The lowest BCUT2D eigenvalue weighted by Gasteiger charge is -2.07. The normalized spacial score (nSPS) is 11.0. The molecule has 4 aromatic rings. The summed E-state index contributed by atoms with van der Waals surface area (Å²) in [6, 6.07) is 11.8. The Morgan fingerprint density at radius 2 is 1.97 bits per heavy atom. The smallest absolute Gasteiger partial charge is 0.328 e. The number of aryl methyl sites for hydroxylation is 1. The van der Waals surface area contributed by atoms with E-state index in [9.17, 15) is 4.39 Å². The summed E-state index contributed by atoms with van der Waals surface area (Å²) in [6.45, 7) is 4.40. The van der Waals surface area contributed by atoms with Crippen molar-refractivity contribution < 1.29 is 18.3 Å². The Balaban J connectivity index is 1.76. The molecule has 6 nitrogen and oxygen atoms in total. The molecule has 148 valence electrons. The fraction of sp³-hybridized carbons (Fsp3) is 0.190. The van der Waals surface area contributed by atoms with E-state index < -0.39 is 5.82 Å². The minimum Gasteiger partial charge on any atom is -0.476 e. The minimum atomic E-state index is -0.603. The third-order valence-electron chi connectivity index (χ3n) is 4.01. The zero-order valence-electron chi connectivity index (χ0n) is 15.8. The van der Waals surface area contributed by atoms with Gasteiger partial charge in [0.05, 0.1) is 11.6 Å². The Bertz CT molecular complexity index is 1180. The molecule has 4 rings (SSSR count). The Labute approximate surface area is 171 Å². The Kier molecular flexibility index (Phi) is 5.31. The predicted octanol–water partition coefficient (Wildman–Crippen LogP) is 5.97. The maximum atomic E-state index is 13.7. The van der Waals surface area contributed by atoms with Crippen LogP contribution in [0.2, 0.25) is 5.02 Å². The van der Waals surface area contributed by atoms with Crippen molar-refractivity contribution in [2.75, 3.05) is 6.61 Å². The van der Waals surface area contributed by atoms with Gasteiger partial charge in [-0.05, 0) is 37.6 Å². The first-order valence-electron chi connectivity index (χ1n) is 9.05. The number of fused-ring (bicyclic) bond motifs is 1. The fourth-order valence-corrected chi connectivity index (χ4v) is 2.79. The van der Waals surface area contributed by atoms with Crippen molar-refractivity contribution >= 4 is 22.8 Å². The number of hydrogen-bond donors (Lipinski definition) is 0. The quantitative estimate of drug-likeness (QED) is 0.388. The molecule has 8 heteroatoms. The second-order valence-corrected chi connectivity index (χ2v) is 6.79. The molecule has 0 atom stereocenters. The van der Waals surface area contributed by atoms with Crippen LogP contribution >= 0.6 is 11.6 Å². The molecule has 0 amide bonds. The van der Waals surface area contributed by atoms with Gasteiger partial charge in [-0.2, -0.15) is 9.97 Å². The van der Waals surface area contributed by atoms with Crippen molar-refractivity contribution in [3.8, 4) is 29.1 Å². The molecule has 0 aliphatic heterocycles. The van der Waals surface area contributed by atoms with Gasteiger partial charge in [-0.3, -0.25) is 0 Å². The van der Waals surface area contributed by atoms with Crippen molar-refractivity contribution in [2.45, 2.75) is 20.3 Å². The van der Waals surface area contributed by atoms with E-state index in [1.54, 1.807) is 0 Å². The first-order valence-corrected chi connectivity index (χ1v) is 9.42. The highest BCUT2D eigenvalue weighted by atomic mass is 35.5. The second kappa shape index (κ2) is 8.05. The van der Waals surface area contributed by atoms with Gasteiger partial charge in [0.1, 0.15) is 11.6 Å². The fourth-order valence-electron chi connectivity index (χ4n) is 2.67. The Morgan fingerprint density at radius 3 is 2.72 bits per heavy atom. The van der Waals surface area contributed by atoms with Crippen LogP contribution in [0.25, 0.3) is 22.7 Å². The molecule has 0 bridgehead atoms. The van der Waals surface area contributed by atoms with E-state index in [-0.39, 0.29) is 28.4 Å².